The Hall–Kier alpha value is -8.66. The molecule has 0 atom stereocenters. The first-order valence-electron chi connectivity index (χ1n) is 20.4. The van der Waals surface area contributed by atoms with E-state index in [9.17, 15) is 18.4 Å². The van der Waals surface area contributed by atoms with Crippen LogP contribution in [-0.2, 0) is 6.18 Å². The fourth-order valence-electron chi connectivity index (χ4n) is 8.35. The van der Waals surface area contributed by atoms with Gasteiger partial charge in [0.2, 0.25) is 0 Å². The summed E-state index contributed by atoms with van der Waals surface area (Å²) in [5, 5.41) is 11.4. The molecular formula is C55H33F3N6. The van der Waals surface area contributed by atoms with Gasteiger partial charge in [0.05, 0.1) is 40.5 Å². The Balaban J connectivity index is 1.31. The fraction of sp³-hybridized carbons (Fsp3) is 0.0364. The number of aromatic nitrogens is 4. The second-order valence-corrected chi connectivity index (χ2v) is 15.4. The quantitative estimate of drug-likeness (QED) is 0.150. The Morgan fingerprint density at radius 1 is 0.516 bits per heavy atom. The van der Waals surface area contributed by atoms with Gasteiger partial charge in [-0.1, -0.05) is 139 Å². The van der Waals surface area contributed by atoms with Crippen LogP contribution in [0.15, 0.2) is 182 Å². The maximum Gasteiger partial charge on any atom is 0.417 e. The van der Waals surface area contributed by atoms with Crippen LogP contribution in [-0.4, -0.2) is 19.5 Å². The van der Waals surface area contributed by atoms with E-state index >= 15 is 0 Å². The van der Waals surface area contributed by atoms with E-state index in [0.29, 0.717) is 45.4 Å². The normalized spacial score (nSPS) is 11.4. The van der Waals surface area contributed by atoms with Crippen LogP contribution in [0.2, 0.25) is 0 Å². The molecule has 0 aliphatic heterocycles. The van der Waals surface area contributed by atoms with Crippen molar-refractivity contribution in [2.75, 3.05) is 0 Å². The fourth-order valence-corrected chi connectivity index (χ4v) is 8.35. The van der Waals surface area contributed by atoms with E-state index in [-0.39, 0.29) is 5.56 Å². The molecule has 0 unspecified atom stereocenters. The highest BCUT2D eigenvalue weighted by atomic mass is 19.4. The van der Waals surface area contributed by atoms with Gasteiger partial charge in [-0.25, -0.2) is 19.8 Å². The first-order valence-corrected chi connectivity index (χ1v) is 20.4. The molecule has 10 aromatic rings. The molecule has 0 aliphatic carbocycles. The van der Waals surface area contributed by atoms with Crippen molar-refractivity contribution in [3.63, 3.8) is 0 Å². The Morgan fingerprint density at radius 3 is 1.62 bits per heavy atom. The van der Waals surface area contributed by atoms with Gasteiger partial charge in [-0.05, 0) is 77.7 Å². The molecule has 0 saturated heterocycles. The molecule has 0 saturated carbocycles. The highest BCUT2D eigenvalue weighted by molar-refractivity contribution is 6.12. The lowest BCUT2D eigenvalue weighted by Crippen LogP contribution is -2.07. The van der Waals surface area contributed by atoms with E-state index in [4.69, 9.17) is 21.5 Å². The molecule has 2 heterocycles. The number of hydrogen-bond acceptors (Lipinski definition) is 4. The number of rotatable bonds is 7. The number of nitriles is 1. The SMILES string of the molecule is [C-]#[N+]c1ccc(-c2cc(-c3nc(-c4ccccc4)nc(-c4ccccc4)n3)cc(-c3ccc(C#N)cc3)c2-n2c3ccccc3c3cc(-c4ccc(C)cc4C(F)(F)F)ccc32)cc1. The summed E-state index contributed by atoms with van der Waals surface area (Å²) < 4.78 is 45.8. The first-order chi connectivity index (χ1) is 31.2. The zero-order valence-electron chi connectivity index (χ0n) is 34.1. The summed E-state index contributed by atoms with van der Waals surface area (Å²) in [4.78, 5) is 18.8. The van der Waals surface area contributed by atoms with Crippen LogP contribution in [0.3, 0.4) is 0 Å². The number of halogens is 3. The molecule has 0 N–H and O–H groups in total. The highest BCUT2D eigenvalue weighted by Gasteiger charge is 2.34. The van der Waals surface area contributed by atoms with Crippen LogP contribution in [0.25, 0.3) is 99.9 Å². The van der Waals surface area contributed by atoms with E-state index in [2.05, 4.69) is 15.5 Å². The van der Waals surface area contributed by atoms with E-state index in [1.807, 2.05) is 133 Å². The third kappa shape index (κ3) is 7.21. The Bertz CT molecular complexity index is 3350. The third-order valence-corrected chi connectivity index (χ3v) is 11.4. The molecule has 8 aromatic carbocycles. The summed E-state index contributed by atoms with van der Waals surface area (Å²) in [5.41, 5.74) is 9.19. The maximum absolute atomic E-state index is 14.5. The number of fused-ring (bicyclic) bond motifs is 3. The van der Waals surface area contributed by atoms with Crippen molar-refractivity contribution in [2.45, 2.75) is 13.1 Å². The van der Waals surface area contributed by atoms with Crippen molar-refractivity contribution in [1.82, 2.24) is 19.5 Å². The summed E-state index contributed by atoms with van der Waals surface area (Å²) in [7, 11) is 0. The molecule has 0 amide bonds. The zero-order chi connectivity index (χ0) is 44.0. The van der Waals surface area contributed by atoms with Gasteiger partial charge in [-0.3, -0.25) is 0 Å². The molecule has 2 aromatic heterocycles. The predicted molar refractivity (Wildman–Crippen MR) is 247 cm³/mol. The average molecular weight is 835 g/mol. The van der Waals surface area contributed by atoms with Crippen molar-refractivity contribution in [3.8, 4) is 79.3 Å². The summed E-state index contributed by atoms with van der Waals surface area (Å²) in [6, 6.07) is 58.3. The maximum atomic E-state index is 14.5. The van der Waals surface area contributed by atoms with Gasteiger partial charge in [0.15, 0.2) is 23.2 Å². The van der Waals surface area contributed by atoms with Crippen molar-refractivity contribution in [1.29, 1.82) is 5.26 Å². The van der Waals surface area contributed by atoms with E-state index in [1.165, 1.54) is 6.07 Å². The Kier molecular flexibility index (Phi) is 9.86. The topological polar surface area (TPSA) is 71.8 Å². The van der Waals surface area contributed by atoms with Gasteiger partial charge >= 0.3 is 6.18 Å². The van der Waals surface area contributed by atoms with Crippen molar-refractivity contribution >= 4 is 27.5 Å². The lowest BCUT2D eigenvalue weighted by atomic mass is 9.92. The van der Waals surface area contributed by atoms with Crippen LogP contribution in [0, 0.1) is 24.8 Å². The van der Waals surface area contributed by atoms with E-state index < -0.39 is 11.7 Å². The molecule has 0 fully saturated rings. The Morgan fingerprint density at radius 2 is 1.05 bits per heavy atom. The summed E-state index contributed by atoms with van der Waals surface area (Å²) >= 11 is 0. The molecule has 0 bridgehead atoms. The molecule has 10 rings (SSSR count). The van der Waals surface area contributed by atoms with Crippen LogP contribution in [0.5, 0.6) is 0 Å². The third-order valence-electron chi connectivity index (χ3n) is 11.4. The van der Waals surface area contributed by atoms with Gasteiger partial charge in [-0.2, -0.15) is 18.4 Å². The molecule has 9 heteroatoms. The van der Waals surface area contributed by atoms with Crippen LogP contribution < -0.4 is 0 Å². The average Bonchev–Trinajstić information content (AvgIpc) is 3.67. The summed E-state index contributed by atoms with van der Waals surface area (Å²) in [6.07, 6.45) is -4.55. The van der Waals surface area contributed by atoms with Gasteiger partial charge < -0.3 is 4.57 Å². The standard InChI is InChI=1S/C55H33F3N6/c1-34-17-27-43(48(29-34)55(56,57)58)40-24-28-50-47(30-40)44-15-9-10-16-49(44)64(50)51-45(36-20-18-35(33-59)19-21-36)31-41(32-46(51)37-22-25-42(60-2)26-23-37)54-62-52(38-11-5-3-6-12-38)61-53(63-54)39-13-7-4-8-14-39/h3-32H,1H3. The van der Waals surface area contributed by atoms with Gasteiger partial charge in [0, 0.05) is 38.6 Å². The molecular weight excluding hydrogens is 802 g/mol. The highest BCUT2D eigenvalue weighted by Crippen LogP contribution is 2.46. The molecule has 64 heavy (non-hydrogen) atoms. The van der Waals surface area contributed by atoms with Crippen LogP contribution >= 0.6 is 0 Å². The minimum Gasteiger partial charge on any atom is -0.308 e. The number of hydrogen-bond donors (Lipinski definition) is 0. The van der Waals surface area contributed by atoms with E-state index in [0.717, 1.165) is 60.9 Å². The van der Waals surface area contributed by atoms with E-state index in [1.54, 1.807) is 49.4 Å². The minimum absolute atomic E-state index is 0.0992. The van der Waals surface area contributed by atoms with Crippen molar-refractivity contribution in [2.24, 2.45) is 0 Å². The largest absolute Gasteiger partial charge is 0.417 e. The van der Waals surface area contributed by atoms with Gasteiger partial charge in [0.25, 0.3) is 0 Å². The number of benzene rings is 8. The zero-order valence-corrected chi connectivity index (χ0v) is 34.1. The Labute approximate surface area is 366 Å². The molecule has 0 spiro atoms. The van der Waals surface area contributed by atoms with Gasteiger partial charge in [0.1, 0.15) is 0 Å². The van der Waals surface area contributed by atoms with Crippen LogP contribution in [0.4, 0.5) is 18.9 Å². The van der Waals surface area contributed by atoms with Crippen LogP contribution in [0.1, 0.15) is 16.7 Å². The molecule has 6 nitrogen and oxygen atoms in total. The smallest absolute Gasteiger partial charge is 0.308 e. The summed E-state index contributed by atoms with van der Waals surface area (Å²) in [5.74, 6) is 1.42. The second-order valence-electron chi connectivity index (χ2n) is 15.4. The summed E-state index contributed by atoms with van der Waals surface area (Å²) in [6.45, 7) is 9.37. The number of para-hydroxylation sites is 1. The number of nitrogens with zero attached hydrogens (tertiary/aromatic N) is 6. The van der Waals surface area contributed by atoms with Gasteiger partial charge in [-0.15, -0.1) is 0 Å². The molecule has 304 valence electrons. The number of aryl methyl sites for hydroxylation is 1. The number of alkyl halides is 3. The van der Waals surface area contributed by atoms with Crippen molar-refractivity contribution in [3.05, 3.63) is 210 Å². The molecule has 0 aliphatic rings. The minimum atomic E-state index is -4.55. The lowest BCUT2D eigenvalue weighted by Gasteiger charge is -2.21. The first kappa shape index (κ1) is 39.5. The molecule has 0 radical (unpaired) electrons. The van der Waals surface area contributed by atoms with Crippen molar-refractivity contribution < 1.29 is 13.2 Å². The monoisotopic (exact) mass is 834 g/mol. The second kappa shape index (κ2) is 16.0. The lowest BCUT2D eigenvalue weighted by molar-refractivity contribution is -0.137. The predicted octanol–water partition coefficient (Wildman–Crippen LogP) is 14.7.